The molecule has 0 aromatic carbocycles. The van der Waals surface area contributed by atoms with Crippen LogP contribution in [0.3, 0.4) is 0 Å². The Balaban J connectivity index is 1.49. The maximum absolute atomic E-state index is 13.5. The number of tetrazole rings is 1. The Hall–Kier alpha value is -1.50. The van der Waals surface area contributed by atoms with Crippen LogP contribution in [0.25, 0.3) is 0 Å². The van der Waals surface area contributed by atoms with Crippen molar-refractivity contribution >= 4 is 5.91 Å². The molecule has 1 aromatic heterocycles. The molecular weight excluding hydrogens is 328 g/mol. The van der Waals surface area contributed by atoms with Gasteiger partial charge >= 0.3 is 0 Å². The number of aromatic nitrogens is 4. The largest absolute Gasteiger partial charge is 0.343 e. The number of nitrogens with zero attached hydrogens (tertiary/aromatic N) is 6. The molecule has 0 bridgehead atoms. The standard InChI is InChI=1S/C19H32N6O/c1-23(14-16-8-7-13-24-12-6-3-9-17(16)24)18(26)19(10-4-2-5-11-19)25-15-20-21-22-25/h15-17H,2-14H2,1H3/t16-,17+/m0/s1. The summed E-state index contributed by atoms with van der Waals surface area (Å²) < 4.78 is 1.73. The van der Waals surface area contributed by atoms with E-state index in [0.717, 1.165) is 32.2 Å². The number of likely N-dealkylation sites (N-methyl/N-ethyl adjacent to an activating group) is 1. The van der Waals surface area contributed by atoms with E-state index in [1.54, 1.807) is 11.0 Å². The van der Waals surface area contributed by atoms with Gasteiger partial charge in [0.2, 0.25) is 5.91 Å². The molecule has 2 saturated heterocycles. The minimum absolute atomic E-state index is 0.206. The van der Waals surface area contributed by atoms with Gasteiger partial charge in [0, 0.05) is 19.6 Å². The minimum Gasteiger partial charge on any atom is -0.343 e. The Morgan fingerprint density at radius 3 is 2.69 bits per heavy atom. The van der Waals surface area contributed by atoms with Crippen LogP contribution >= 0.6 is 0 Å². The average Bonchev–Trinajstić information content (AvgIpc) is 3.23. The summed E-state index contributed by atoms with van der Waals surface area (Å²) in [4.78, 5) is 18.2. The Morgan fingerprint density at radius 1 is 1.12 bits per heavy atom. The van der Waals surface area contributed by atoms with Gasteiger partial charge in [0.15, 0.2) is 0 Å². The van der Waals surface area contributed by atoms with E-state index >= 15 is 0 Å². The van der Waals surface area contributed by atoms with Crippen molar-refractivity contribution in [3.05, 3.63) is 6.33 Å². The summed E-state index contributed by atoms with van der Waals surface area (Å²) in [7, 11) is 1.99. The Morgan fingerprint density at radius 2 is 1.92 bits per heavy atom. The van der Waals surface area contributed by atoms with Gasteiger partial charge in [-0.15, -0.1) is 5.10 Å². The average molecular weight is 361 g/mol. The van der Waals surface area contributed by atoms with Gasteiger partial charge in [0.25, 0.3) is 0 Å². The summed E-state index contributed by atoms with van der Waals surface area (Å²) in [6.07, 6.45) is 13.1. The molecule has 144 valence electrons. The van der Waals surface area contributed by atoms with Gasteiger partial charge in [-0.2, -0.15) is 0 Å². The number of amides is 1. The summed E-state index contributed by atoms with van der Waals surface area (Å²) in [6, 6.07) is 0.670. The number of carbonyl (C=O) groups is 1. The predicted molar refractivity (Wildman–Crippen MR) is 98.4 cm³/mol. The highest BCUT2D eigenvalue weighted by Gasteiger charge is 2.45. The lowest BCUT2D eigenvalue weighted by Gasteiger charge is -2.46. The molecular formula is C19H32N6O. The normalized spacial score (nSPS) is 29.1. The van der Waals surface area contributed by atoms with E-state index in [-0.39, 0.29) is 5.91 Å². The molecule has 1 aromatic rings. The SMILES string of the molecule is CN(C[C@@H]1CCCN2CCCC[C@H]12)C(=O)C1(n2cnnn2)CCCCC1. The quantitative estimate of drug-likeness (QED) is 0.822. The van der Waals surface area contributed by atoms with Gasteiger partial charge in [-0.1, -0.05) is 25.7 Å². The van der Waals surface area contributed by atoms with Gasteiger partial charge in [0.1, 0.15) is 11.9 Å². The molecule has 0 unspecified atom stereocenters. The molecule has 26 heavy (non-hydrogen) atoms. The second-order valence-electron chi connectivity index (χ2n) is 8.53. The number of fused-ring (bicyclic) bond motifs is 1. The fraction of sp³-hybridized carbons (Fsp3) is 0.895. The summed E-state index contributed by atoms with van der Waals surface area (Å²) in [5, 5.41) is 11.7. The fourth-order valence-electron chi connectivity index (χ4n) is 5.62. The molecule has 7 heteroatoms. The molecule has 3 aliphatic rings. The number of rotatable bonds is 4. The van der Waals surface area contributed by atoms with E-state index in [1.165, 1.54) is 51.6 Å². The highest BCUT2D eigenvalue weighted by atomic mass is 16.2. The van der Waals surface area contributed by atoms with Crippen LogP contribution in [0.4, 0.5) is 0 Å². The Kier molecular flexibility index (Phi) is 5.25. The van der Waals surface area contributed by atoms with Crippen molar-refractivity contribution in [3.8, 4) is 0 Å². The molecule has 2 atom stereocenters. The van der Waals surface area contributed by atoms with Crippen LogP contribution < -0.4 is 0 Å². The number of hydrogen-bond donors (Lipinski definition) is 0. The van der Waals surface area contributed by atoms with Crippen LogP contribution in [0.5, 0.6) is 0 Å². The molecule has 1 aliphatic carbocycles. The molecule has 0 spiro atoms. The van der Waals surface area contributed by atoms with Crippen molar-refractivity contribution in [2.45, 2.75) is 75.8 Å². The summed E-state index contributed by atoms with van der Waals surface area (Å²) in [5.74, 6) is 0.810. The number of carbonyl (C=O) groups excluding carboxylic acids is 1. The third-order valence-electron chi connectivity index (χ3n) is 6.95. The molecule has 1 amide bonds. The van der Waals surface area contributed by atoms with E-state index in [0.29, 0.717) is 12.0 Å². The van der Waals surface area contributed by atoms with E-state index < -0.39 is 5.54 Å². The first kappa shape index (κ1) is 17.9. The lowest BCUT2D eigenvalue weighted by atomic mass is 9.79. The van der Waals surface area contributed by atoms with Crippen molar-refractivity contribution in [2.24, 2.45) is 5.92 Å². The van der Waals surface area contributed by atoms with Crippen LogP contribution in [-0.2, 0) is 10.3 Å². The van der Waals surface area contributed by atoms with Crippen LogP contribution in [0.2, 0.25) is 0 Å². The first-order valence-electron chi connectivity index (χ1n) is 10.4. The molecule has 7 nitrogen and oxygen atoms in total. The van der Waals surface area contributed by atoms with Crippen LogP contribution in [0, 0.1) is 5.92 Å². The van der Waals surface area contributed by atoms with E-state index in [1.807, 2.05) is 11.9 Å². The summed E-state index contributed by atoms with van der Waals surface area (Å²) >= 11 is 0. The third-order valence-corrected chi connectivity index (χ3v) is 6.95. The molecule has 3 heterocycles. The van der Waals surface area contributed by atoms with Crippen LogP contribution in [0.15, 0.2) is 6.33 Å². The van der Waals surface area contributed by atoms with E-state index in [9.17, 15) is 4.79 Å². The van der Waals surface area contributed by atoms with Gasteiger partial charge in [0.05, 0.1) is 0 Å². The zero-order chi connectivity index (χ0) is 18.0. The van der Waals surface area contributed by atoms with Crippen molar-refractivity contribution < 1.29 is 4.79 Å². The molecule has 0 radical (unpaired) electrons. The number of hydrogen-bond acceptors (Lipinski definition) is 5. The minimum atomic E-state index is -0.572. The van der Waals surface area contributed by atoms with Crippen molar-refractivity contribution in [3.63, 3.8) is 0 Å². The van der Waals surface area contributed by atoms with E-state index in [4.69, 9.17) is 0 Å². The summed E-state index contributed by atoms with van der Waals surface area (Å²) in [5.41, 5.74) is -0.572. The molecule has 3 fully saturated rings. The monoisotopic (exact) mass is 360 g/mol. The highest BCUT2D eigenvalue weighted by Crippen LogP contribution is 2.37. The van der Waals surface area contributed by atoms with Gasteiger partial charge < -0.3 is 9.80 Å². The van der Waals surface area contributed by atoms with Gasteiger partial charge in [-0.3, -0.25) is 4.79 Å². The number of piperidine rings is 2. The molecule has 2 aliphatic heterocycles. The van der Waals surface area contributed by atoms with E-state index in [2.05, 4.69) is 20.4 Å². The predicted octanol–water partition coefficient (Wildman–Crippen LogP) is 2.06. The second-order valence-corrected chi connectivity index (χ2v) is 8.53. The first-order chi connectivity index (χ1) is 12.7. The third kappa shape index (κ3) is 3.26. The lowest BCUT2D eigenvalue weighted by Crippen LogP contribution is -2.55. The highest BCUT2D eigenvalue weighted by molar-refractivity contribution is 5.84. The van der Waals surface area contributed by atoms with Crippen molar-refractivity contribution in [1.82, 2.24) is 30.0 Å². The molecule has 0 N–H and O–H groups in total. The molecule has 4 rings (SSSR count). The maximum Gasteiger partial charge on any atom is 0.250 e. The van der Waals surface area contributed by atoms with Crippen LogP contribution in [-0.4, -0.2) is 68.6 Å². The zero-order valence-electron chi connectivity index (χ0n) is 16.0. The van der Waals surface area contributed by atoms with Crippen molar-refractivity contribution in [1.29, 1.82) is 0 Å². The van der Waals surface area contributed by atoms with Gasteiger partial charge in [-0.25, -0.2) is 4.68 Å². The Labute approximate surface area is 156 Å². The van der Waals surface area contributed by atoms with Crippen molar-refractivity contribution in [2.75, 3.05) is 26.7 Å². The molecule has 1 saturated carbocycles. The lowest BCUT2D eigenvalue weighted by molar-refractivity contribution is -0.143. The summed E-state index contributed by atoms with van der Waals surface area (Å²) in [6.45, 7) is 3.35. The fourth-order valence-corrected chi connectivity index (χ4v) is 5.62. The Bertz CT molecular complexity index is 595. The van der Waals surface area contributed by atoms with Crippen LogP contribution in [0.1, 0.15) is 64.2 Å². The van der Waals surface area contributed by atoms with Gasteiger partial charge in [-0.05, 0) is 68.0 Å². The second kappa shape index (κ2) is 7.62. The topological polar surface area (TPSA) is 67.2 Å². The first-order valence-corrected chi connectivity index (χ1v) is 10.4. The maximum atomic E-state index is 13.5. The zero-order valence-corrected chi connectivity index (χ0v) is 16.0. The smallest absolute Gasteiger partial charge is 0.250 e.